The van der Waals surface area contributed by atoms with Crippen LogP contribution in [0.4, 0.5) is 0 Å². The van der Waals surface area contributed by atoms with Crippen molar-refractivity contribution in [2.24, 2.45) is 5.41 Å². The van der Waals surface area contributed by atoms with Crippen LogP contribution in [0.25, 0.3) is 0 Å². The molecule has 23 heavy (non-hydrogen) atoms. The summed E-state index contributed by atoms with van der Waals surface area (Å²) in [5, 5.41) is 2.96. The second-order valence-corrected chi connectivity index (χ2v) is 6.72. The third-order valence-electron chi connectivity index (χ3n) is 4.20. The first-order valence-electron chi connectivity index (χ1n) is 8.56. The molecular weight excluding hydrogens is 290 g/mol. The highest BCUT2D eigenvalue weighted by atomic mass is 16.5. The number of rotatable bonds is 12. The van der Waals surface area contributed by atoms with Crippen molar-refractivity contribution < 1.29 is 9.47 Å². The normalized spacial score (nSPS) is 17.0. The first-order chi connectivity index (χ1) is 11.1. The molecule has 2 rings (SSSR count). The summed E-state index contributed by atoms with van der Waals surface area (Å²) in [6.45, 7) is 7.49. The summed E-state index contributed by atoms with van der Waals surface area (Å²) in [4.78, 5) is 0. The third-order valence-corrected chi connectivity index (χ3v) is 4.20. The van der Waals surface area contributed by atoms with Crippen LogP contribution < -0.4 is 20.9 Å². The maximum Gasteiger partial charge on any atom is 0.119 e. The van der Waals surface area contributed by atoms with E-state index in [-0.39, 0.29) is 6.04 Å². The summed E-state index contributed by atoms with van der Waals surface area (Å²) in [7, 11) is 1.88. The van der Waals surface area contributed by atoms with Crippen LogP contribution in [0.5, 0.6) is 5.75 Å². The standard InChI is InChI=1S/C18H31N3O2/c1-15(21-20-10-5-11-22-14-19-3)16-6-4-7-17(12-16)23-13-18(2)8-9-18/h4,6-7,12,15,19-21H,5,8-11,13-14H2,1-3H3. The van der Waals surface area contributed by atoms with E-state index in [1.807, 2.05) is 13.1 Å². The summed E-state index contributed by atoms with van der Waals surface area (Å²) in [5.74, 6) is 0.963. The van der Waals surface area contributed by atoms with Gasteiger partial charge in [0.25, 0.3) is 0 Å². The van der Waals surface area contributed by atoms with Gasteiger partial charge in [0, 0.05) is 24.6 Å². The largest absolute Gasteiger partial charge is 0.493 e. The highest BCUT2D eigenvalue weighted by Gasteiger charge is 2.38. The van der Waals surface area contributed by atoms with E-state index in [2.05, 4.69) is 48.2 Å². The Morgan fingerprint density at radius 1 is 1.30 bits per heavy atom. The molecule has 1 aromatic rings. The molecule has 1 atom stereocenters. The molecular formula is C18H31N3O2. The summed E-state index contributed by atoms with van der Waals surface area (Å²) in [5.41, 5.74) is 8.22. The Labute approximate surface area is 140 Å². The molecule has 0 heterocycles. The zero-order chi connectivity index (χ0) is 16.5. The molecule has 5 heteroatoms. The zero-order valence-electron chi connectivity index (χ0n) is 14.7. The SMILES string of the molecule is CNCOCCCNNC(C)c1cccc(OCC2(C)CC2)c1. The molecule has 0 bridgehead atoms. The lowest BCUT2D eigenvalue weighted by atomic mass is 10.1. The van der Waals surface area contributed by atoms with E-state index in [0.29, 0.717) is 12.1 Å². The van der Waals surface area contributed by atoms with Crippen molar-refractivity contribution in [2.45, 2.75) is 39.2 Å². The number of benzene rings is 1. The fourth-order valence-corrected chi connectivity index (χ4v) is 2.23. The molecule has 0 radical (unpaired) electrons. The monoisotopic (exact) mass is 321 g/mol. The van der Waals surface area contributed by atoms with Gasteiger partial charge in [0.1, 0.15) is 5.75 Å². The van der Waals surface area contributed by atoms with Crippen LogP contribution >= 0.6 is 0 Å². The van der Waals surface area contributed by atoms with E-state index >= 15 is 0 Å². The molecule has 1 aliphatic carbocycles. The lowest BCUT2D eigenvalue weighted by molar-refractivity contribution is 0.118. The van der Waals surface area contributed by atoms with Crippen molar-refractivity contribution in [3.05, 3.63) is 29.8 Å². The molecule has 130 valence electrons. The zero-order valence-corrected chi connectivity index (χ0v) is 14.7. The second-order valence-electron chi connectivity index (χ2n) is 6.72. The third kappa shape index (κ3) is 6.87. The van der Waals surface area contributed by atoms with Crippen molar-refractivity contribution in [3.63, 3.8) is 0 Å². The van der Waals surface area contributed by atoms with Gasteiger partial charge in [-0.1, -0.05) is 19.1 Å². The summed E-state index contributed by atoms with van der Waals surface area (Å²) in [6.07, 6.45) is 3.54. The minimum atomic E-state index is 0.230. The van der Waals surface area contributed by atoms with Crippen molar-refractivity contribution in [1.29, 1.82) is 0 Å². The average molecular weight is 321 g/mol. The van der Waals surface area contributed by atoms with Gasteiger partial charge in [0.05, 0.1) is 13.3 Å². The Bertz CT molecular complexity index is 463. The van der Waals surface area contributed by atoms with Gasteiger partial charge in [0.2, 0.25) is 0 Å². The topological polar surface area (TPSA) is 54.5 Å². The Kier molecular flexibility index (Phi) is 7.30. The summed E-state index contributed by atoms with van der Waals surface area (Å²) < 4.78 is 11.3. The minimum absolute atomic E-state index is 0.230. The molecule has 0 amide bonds. The lowest BCUT2D eigenvalue weighted by Crippen LogP contribution is -2.35. The van der Waals surface area contributed by atoms with Crippen molar-refractivity contribution in [2.75, 3.05) is 33.5 Å². The molecule has 1 unspecified atom stereocenters. The predicted octanol–water partition coefficient (Wildman–Crippen LogP) is 2.60. The Morgan fingerprint density at radius 3 is 2.87 bits per heavy atom. The van der Waals surface area contributed by atoms with Gasteiger partial charge in [-0.15, -0.1) is 0 Å². The highest BCUT2D eigenvalue weighted by Crippen LogP contribution is 2.45. The van der Waals surface area contributed by atoms with Gasteiger partial charge in [-0.3, -0.25) is 16.2 Å². The molecule has 3 N–H and O–H groups in total. The van der Waals surface area contributed by atoms with Crippen LogP contribution in [-0.4, -0.2) is 33.5 Å². The van der Waals surface area contributed by atoms with Gasteiger partial charge in [-0.05, 0) is 50.9 Å². The molecule has 0 aromatic heterocycles. The van der Waals surface area contributed by atoms with Crippen LogP contribution in [-0.2, 0) is 4.74 Å². The fourth-order valence-electron chi connectivity index (χ4n) is 2.23. The van der Waals surface area contributed by atoms with E-state index in [9.17, 15) is 0 Å². The van der Waals surface area contributed by atoms with E-state index in [4.69, 9.17) is 9.47 Å². The van der Waals surface area contributed by atoms with E-state index in [1.165, 1.54) is 18.4 Å². The molecule has 1 fully saturated rings. The van der Waals surface area contributed by atoms with Gasteiger partial charge in [0.15, 0.2) is 0 Å². The van der Waals surface area contributed by atoms with E-state index in [1.54, 1.807) is 0 Å². The molecule has 1 aliphatic rings. The van der Waals surface area contributed by atoms with E-state index in [0.717, 1.165) is 31.9 Å². The molecule has 0 spiro atoms. The number of ether oxygens (including phenoxy) is 2. The number of hydrogen-bond acceptors (Lipinski definition) is 5. The maximum atomic E-state index is 5.93. The van der Waals surface area contributed by atoms with Crippen LogP contribution in [0.15, 0.2) is 24.3 Å². The molecule has 5 nitrogen and oxygen atoms in total. The Hall–Kier alpha value is -1.14. The van der Waals surface area contributed by atoms with Crippen molar-refractivity contribution in [3.8, 4) is 5.75 Å². The lowest BCUT2D eigenvalue weighted by Gasteiger charge is -2.17. The number of hydrogen-bond donors (Lipinski definition) is 3. The average Bonchev–Trinajstić information content (AvgIpc) is 3.30. The van der Waals surface area contributed by atoms with Crippen molar-refractivity contribution >= 4 is 0 Å². The molecule has 0 aliphatic heterocycles. The smallest absolute Gasteiger partial charge is 0.119 e. The molecule has 1 aromatic carbocycles. The van der Waals surface area contributed by atoms with Gasteiger partial charge in [-0.25, -0.2) is 0 Å². The van der Waals surface area contributed by atoms with Gasteiger partial charge < -0.3 is 9.47 Å². The minimum Gasteiger partial charge on any atom is -0.493 e. The van der Waals surface area contributed by atoms with Crippen LogP contribution in [0.1, 0.15) is 44.7 Å². The quantitative estimate of drug-likeness (QED) is 0.314. The highest BCUT2D eigenvalue weighted by molar-refractivity contribution is 5.30. The van der Waals surface area contributed by atoms with Crippen LogP contribution in [0, 0.1) is 5.41 Å². The second kappa shape index (κ2) is 9.23. The van der Waals surface area contributed by atoms with E-state index < -0.39 is 0 Å². The first kappa shape index (κ1) is 18.2. The van der Waals surface area contributed by atoms with Crippen molar-refractivity contribution in [1.82, 2.24) is 16.2 Å². The predicted molar refractivity (Wildman–Crippen MR) is 93.3 cm³/mol. The Morgan fingerprint density at radius 2 is 2.13 bits per heavy atom. The van der Waals surface area contributed by atoms with Crippen LogP contribution in [0.3, 0.4) is 0 Å². The fraction of sp³-hybridized carbons (Fsp3) is 0.667. The van der Waals surface area contributed by atoms with Crippen LogP contribution in [0.2, 0.25) is 0 Å². The summed E-state index contributed by atoms with van der Waals surface area (Å²) in [6, 6.07) is 8.58. The molecule has 0 saturated heterocycles. The first-order valence-corrected chi connectivity index (χ1v) is 8.56. The maximum absolute atomic E-state index is 5.93. The van der Waals surface area contributed by atoms with Gasteiger partial charge >= 0.3 is 0 Å². The molecule has 1 saturated carbocycles. The van der Waals surface area contributed by atoms with Gasteiger partial charge in [-0.2, -0.15) is 0 Å². The summed E-state index contributed by atoms with van der Waals surface area (Å²) >= 11 is 0. The number of nitrogens with one attached hydrogen (secondary N) is 3. The Balaban J connectivity index is 1.66. The number of hydrazine groups is 1.